The van der Waals surface area contributed by atoms with Crippen LogP contribution >= 0.6 is 11.6 Å². The number of carbonyl (C=O) groups is 1. The van der Waals surface area contributed by atoms with Crippen LogP contribution in [0.5, 0.6) is 11.6 Å². The minimum atomic E-state index is -0.0671. The first-order valence-corrected chi connectivity index (χ1v) is 8.60. The SMILES string of the molecule is Cc1nccc(OC2CCCN(C(=O)COc3ccc(Cl)cc3)C2)n1. The Morgan fingerprint density at radius 2 is 2.12 bits per heavy atom. The summed E-state index contributed by atoms with van der Waals surface area (Å²) in [6, 6.07) is 8.69. The van der Waals surface area contributed by atoms with Gasteiger partial charge in [0.2, 0.25) is 5.88 Å². The quantitative estimate of drug-likeness (QED) is 0.819. The molecule has 1 fully saturated rings. The van der Waals surface area contributed by atoms with Crippen LogP contribution in [0, 0.1) is 6.92 Å². The maximum Gasteiger partial charge on any atom is 0.260 e. The van der Waals surface area contributed by atoms with Gasteiger partial charge in [-0.3, -0.25) is 4.79 Å². The average Bonchev–Trinajstić information content (AvgIpc) is 2.61. The molecular weight excluding hydrogens is 342 g/mol. The minimum absolute atomic E-state index is 0.000960. The summed E-state index contributed by atoms with van der Waals surface area (Å²) in [5.41, 5.74) is 0. The molecule has 2 aromatic rings. The Hall–Kier alpha value is -2.34. The fourth-order valence-electron chi connectivity index (χ4n) is 2.70. The van der Waals surface area contributed by atoms with E-state index in [1.54, 1.807) is 41.4 Å². The molecule has 1 aromatic heterocycles. The number of ether oxygens (including phenoxy) is 2. The molecular formula is C18H20ClN3O3. The lowest BCUT2D eigenvalue weighted by Gasteiger charge is -2.32. The van der Waals surface area contributed by atoms with Crippen LogP contribution < -0.4 is 9.47 Å². The van der Waals surface area contributed by atoms with E-state index in [1.807, 2.05) is 6.92 Å². The average molecular weight is 362 g/mol. The molecule has 0 spiro atoms. The van der Waals surface area contributed by atoms with Gasteiger partial charge in [-0.05, 0) is 44.0 Å². The maximum absolute atomic E-state index is 12.4. The highest BCUT2D eigenvalue weighted by atomic mass is 35.5. The molecule has 6 nitrogen and oxygen atoms in total. The largest absolute Gasteiger partial charge is 0.484 e. The highest BCUT2D eigenvalue weighted by Gasteiger charge is 2.25. The van der Waals surface area contributed by atoms with Crippen LogP contribution in [0.4, 0.5) is 0 Å². The van der Waals surface area contributed by atoms with Crippen molar-refractivity contribution in [3.05, 3.63) is 47.4 Å². The van der Waals surface area contributed by atoms with Crippen LogP contribution in [-0.4, -0.2) is 46.6 Å². The summed E-state index contributed by atoms with van der Waals surface area (Å²) >= 11 is 5.83. The highest BCUT2D eigenvalue weighted by molar-refractivity contribution is 6.30. The predicted octanol–water partition coefficient (Wildman–Crippen LogP) is 2.89. The lowest BCUT2D eigenvalue weighted by Crippen LogP contribution is -2.46. The molecule has 1 unspecified atom stereocenters. The van der Waals surface area contributed by atoms with Crippen LogP contribution in [0.3, 0.4) is 0 Å². The third-order valence-electron chi connectivity index (χ3n) is 3.94. The van der Waals surface area contributed by atoms with E-state index in [2.05, 4.69) is 9.97 Å². The number of piperidine rings is 1. The molecule has 2 heterocycles. The van der Waals surface area contributed by atoms with Crippen molar-refractivity contribution in [3.63, 3.8) is 0 Å². The van der Waals surface area contributed by atoms with Crippen molar-refractivity contribution in [1.29, 1.82) is 0 Å². The molecule has 7 heteroatoms. The van der Waals surface area contributed by atoms with Crippen molar-refractivity contribution in [3.8, 4) is 11.6 Å². The van der Waals surface area contributed by atoms with Crippen molar-refractivity contribution < 1.29 is 14.3 Å². The molecule has 0 N–H and O–H groups in total. The number of rotatable bonds is 5. The van der Waals surface area contributed by atoms with Gasteiger partial charge in [-0.1, -0.05) is 11.6 Å². The Balaban J connectivity index is 1.51. The Morgan fingerprint density at radius 1 is 1.32 bits per heavy atom. The van der Waals surface area contributed by atoms with Crippen LogP contribution in [-0.2, 0) is 4.79 Å². The molecule has 3 rings (SSSR count). The summed E-state index contributed by atoms with van der Waals surface area (Å²) in [4.78, 5) is 22.5. The summed E-state index contributed by atoms with van der Waals surface area (Å²) in [7, 11) is 0. The number of likely N-dealkylation sites (tertiary alicyclic amines) is 1. The number of nitrogens with zero attached hydrogens (tertiary/aromatic N) is 3. The van der Waals surface area contributed by atoms with Gasteiger partial charge in [-0.2, -0.15) is 4.98 Å². The first-order valence-electron chi connectivity index (χ1n) is 8.22. The topological polar surface area (TPSA) is 64.5 Å². The first kappa shape index (κ1) is 17.5. The van der Waals surface area contributed by atoms with Crippen LogP contribution in [0.25, 0.3) is 0 Å². The number of hydrogen-bond donors (Lipinski definition) is 0. The number of benzene rings is 1. The second-order valence-corrected chi connectivity index (χ2v) is 6.34. The van der Waals surface area contributed by atoms with E-state index in [9.17, 15) is 4.79 Å². The molecule has 1 amide bonds. The monoisotopic (exact) mass is 361 g/mol. The van der Waals surface area contributed by atoms with Crippen LogP contribution in [0.15, 0.2) is 36.5 Å². The smallest absolute Gasteiger partial charge is 0.260 e. The molecule has 0 radical (unpaired) electrons. The van der Waals surface area contributed by atoms with Gasteiger partial charge in [0, 0.05) is 23.8 Å². The number of halogens is 1. The Labute approximate surface area is 151 Å². The lowest BCUT2D eigenvalue weighted by molar-refractivity contribution is -0.136. The Bertz CT molecular complexity index is 724. The number of aromatic nitrogens is 2. The summed E-state index contributed by atoms with van der Waals surface area (Å²) in [6.45, 7) is 3.07. The van der Waals surface area contributed by atoms with E-state index in [0.29, 0.717) is 35.6 Å². The van der Waals surface area contributed by atoms with E-state index < -0.39 is 0 Å². The third kappa shape index (κ3) is 5.06. The van der Waals surface area contributed by atoms with Crippen molar-refractivity contribution in [1.82, 2.24) is 14.9 Å². The minimum Gasteiger partial charge on any atom is -0.484 e. The maximum atomic E-state index is 12.4. The molecule has 25 heavy (non-hydrogen) atoms. The Kier molecular flexibility index (Phi) is 5.71. The first-order chi connectivity index (χ1) is 12.1. The van der Waals surface area contributed by atoms with Gasteiger partial charge in [-0.15, -0.1) is 0 Å². The summed E-state index contributed by atoms with van der Waals surface area (Å²) < 4.78 is 11.4. The third-order valence-corrected chi connectivity index (χ3v) is 4.20. The van der Waals surface area contributed by atoms with Gasteiger partial charge in [0.05, 0.1) is 6.54 Å². The summed E-state index contributed by atoms with van der Waals surface area (Å²) in [5, 5.41) is 0.634. The predicted molar refractivity (Wildman–Crippen MR) is 93.9 cm³/mol. The van der Waals surface area contributed by atoms with E-state index in [4.69, 9.17) is 21.1 Å². The molecule has 132 valence electrons. The molecule has 0 bridgehead atoms. The van der Waals surface area contributed by atoms with Gasteiger partial charge < -0.3 is 14.4 Å². The van der Waals surface area contributed by atoms with Gasteiger partial charge >= 0.3 is 0 Å². The van der Waals surface area contributed by atoms with E-state index in [-0.39, 0.29) is 18.6 Å². The van der Waals surface area contributed by atoms with Crippen molar-refractivity contribution in [2.45, 2.75) is 25.9 Å². The standard InChI is InChI=1S/C18H20ClN3O3/c1-13-20-9-8-17(21-13)25-16-3-2-10-22(11-16)18(23)12-24-15-6-4-14(19)5-7-15/h4-9,16H,2-3,10-12H2,1H3. The van der Waals surface area contributed by atoms with Crippen molar-refractivity contribution >= 4 is 17.5 Å². The zero-order chi connectivity index (χ0) is 17.6. The van der Waals surface area contributed by atoms with Gasteiger partial charge in [0.15, 0.2) is 6.61 Å². The molecule has 1 saturated heterocycles. The van der Waals surface area contributed by atoms with Crippen LogP contribution in [0.2, 0.25) is 5.02 Å². The zero-order valence-corrected chi connectivity index (χ0v) is 14.8. The molecule has 1 aliphatic heterocycles. The number of aryl methyl sites for hydroxylation is 1. The van der Waals surface area contributed by atoms with Gasteiger partial charge in [-0.25, -0.2) is 4.98 Å². The van der Waals surface area contributed by atoms with Crippen LogP contribution in [0.1, 0.15) is 18.7 Å². The number of amides is 1. The second kappa shape index (κ2) is 8.16. The molecule has 1 atom stereocenters. The zero-order valence-electron chi connectivity index (χ0n) is 14.0. The normalized spacial score (nSPS) is 17.2. The fraction of sp³-hybridized carbons (Fsp3) is 0.389. The molecule has 0 saturated carbocycles. The summed E-state index contributed by atoms with van der Waals surface area (Å²) in [6.07, 6.45) is 3.39. The van der Waals surface area contributed by atoms with E-state index in [1.165, 1.54) is 0 Å². The fourth-order valence-corrected chi connectivity index (χ4v) is 2.82. The van der Waals surface area contributed by atoms with Gasteiger partial charge in [0.1, 0.15) is 17.7 Å². The molecule has 0 aliphatic carbocycles. The van der Waals surface area contributed by atoms with E-state index >= 15 is 0 Å². The molecule has 1 aliphatic rings. The van der Waals surface area contributed by atoms with Gasteiger partial charge in [0.25, 0.3) is 5.91 Å². The molecule has 1 aromatic carbocycles. The number of hydrogen-bond acceptors (Lipinski definition) is 5. The number of carbonyl (C=O) groups excluding carboxylic acids is 1. The highest BCUT2D eigenvalue weighted by Crippen LogP contribution is 2.18. The summed E-state index contributed by atoms with van der Waals surface area (Å²) in [5.74, 6) is 1.78. The second-order valence-electron chi connectivity index (χ2n) is 5.91. The Morgan fingerprint density at radius 3 is 2.88 bits per heavy atom. The van der Waals surface area contributed by atoms with E-state index in [0.717, 1.165) is 12.8 Å². The van der Waals surface area contributed by atoms with Crippen molar-refractivity contribution in [2.75, 3.05) is 19.7 Å². The lowest BCUT2D eigenvalue weighted by atomic mass is 10.1. The van der Waals surface area contributed by atoms with Crippen molar-refractivity contribution in [2.24, 2.45) is 0 Å².